The Morgan fingerprint density at radius 2 is 2.26 bits per heavy atom. The van der Waals surface area contributed by atoms with Crippen LogP contribution in [0.4, 0.5) is 0 Å². The molecule has 0 radical (unpaired) electrons. The highest BCUT2D eigenvalue weighted by atomic mass is 16.5. The number of hydrogen-bond acceptors (Lipinski definition) is 3. The topological polar surface area (TPSA) is 72.5 Å². The summed E-state index contributed by atoms with van der Waals surface area (Å²) in [6, 6.07) is -0.756. The van der Waals surface area contributed by atoms with Crippen molar-refractivity contribution in [1.82, 2.24) is 0 Å². The molecule has 0 saturated carbocycles. The highest BCUT2D eigenvalue weighted by Crippen LogP contribution is 2.38. The van der Waals surface area contributed by atoms with Crippen LogP contribution < -0.4 is 5.73 Å². The van der Waals surface area contributed by atoms with E-state index in [9.17, 15) is 4.79 Å². The summed E-state index contributed by atoms with van der Waals surface area (Å²) < 4.78 is 5.55. The lowest BCUT2D eigenvalue weighted by Gasteiger charge is -2.31. The van der Waals surface area contributed by atoms with Gasteiger partial charge in [-0.1, -0.05) is 6.08 Å². The first-order valence-corrected chi connectivity index (χ1v) is 7.06. The summed E-state index contributed by atoms with van der Waals surface area (Å²) in [7, 11) is 1.77. The zero-order valence-corrected chi connectivity index (χ0v) is 11.5. The molecule has 106 valence electrons. The van der Waals surface area contributed by atoms with E-state index in [0.29, 0.717) is 6.42 Å². The highest BCUT2D eigenvalue weighted by molar-refractivity contribution is 5.73. The molecule has 2 rings (SSSR count). The minimum Gasteiger partial charge on any atom is -0.480 e. The summed E-state index contributed by atoms with van der Waals surface area (Å²) in [5, 5.41) is 8.85. The second-order valence-electron chi connectivity index (χ2n) is 5.38. The number of aliphatic carboxylic acids is 1. The van der Waals surface area contributed by atoms with E-state index in [0.717, 1.165) is 25.7 Å². The Labute approximate surface area is 114 Å². The fourth-order valence-corrected chi connectivity index (χ4v) is 3.09. The Kier molecular flexibility index (Phi) is 4.77. The molecule has 0 amide bonds. The van der Waals surface area contributed by atoms with E-state index in [1.807, 2.05) is 0 Å². The fraction of sp³-hybridized carbons (Fsp3) is 0.667. The van der Waals surface area contributed by atoms with E-state index in [1.54, 1.807) is 7.11 Å². The molecule has 0 aromatic rings. The van der Waals surface area contributed by atoms with Crippen molar-refractivity contribution in [3.8, 4) is 0 Å². The predicted molar refractivity (Wildman–Crippen MR) is 73.8 cm³/mol. The van der Waals surface area contributed by atoms with Crippen LogP contribution in [0.2, 0.25) is 0 Å². The molecule has 0 fully saturated rings. The number of nitrogens with two attached hydrogens (primary N) is 1. The molecule has 3 N–H and O–H groups in total. The maximum Gasteiger partial charge on any atom is 0.320 e. The average molecular weight is 265 g/mol. The van der Waals surface area contributed by atoms with Gasteiger partial charge in [0.2, 0.25) is 0 Å². The number of hydrogen-bond donors (Lipinski definition) is 2. The van der Waals surface area contributed by atoms with Crippen molar-refractivity contribution in [2.24, 2.45) is 5.73 Å². The zero-order chi connectivity index (χ0) is 13.8. The summed E-state index contributed by atoms with van der Waals surface area (Å²) >= 11 is 0. The molecule has 0 bridgehead atoms. The molecule has 4 heteroatoms. The molecular formula is C15H23NO3. The van der Waals surface area contributed by atoms with Gasteiger partial charge < -0.3 is 15.6 Å². The molecule has 0 heterocycles. The van der Waals surface area contributed by atoms with Gasteiger partial charge >= 0.3 is 5.97 Å². The number of carbonyl (C=O) groups is 1. The minimum atomic E-state index is -0.913. The van der Waals surface area contributed by atoms with Crippen LogP contribution in [0, 0.1) is 0 Å². The molecule has 2 aliphatic carbocycles. The molecule has 0 spiro atoms. The van der Waals surface area contributed by atoms with E-state index in [4.69, 9.17) is 15.6 Å². The van der Waals surface area contributed by atoms with Crippen LogP contribution in [-0.4, -0.2) is 30.3 Å². The van der Waals surface area contributed by atoms with Gasteiger partial charge in [0.1, 0.15) is 6.04 Å². The highest BCUT2D eigenvalue weighted by Gasteiger charge is 2.26. The number of carboxylic acids is 1. The Balaban J connectivity index is 2.07. The van der Waals surface area contributed by atoms with Crippen LogP contribution in [0.15, 0.2) is 22.8 Å². The Hall–Kier alpha value is -1.13. The molecule has 0 aliphatic heterocycles. The summed E-state index contributed by atoms with van der Waals surface area (Å²) in [6.45, 7) is 0. The quantitative estimate of drug-likeness (QED) is 0.800. The van der Waals surface area contributed by atoms with Gasteiger partial charge in [0, 0.05) is 7.11 Å². The molecule has 0 aromatic carbocycles. The molecule has 2 unspecified atom stereocenters. The molecule has 2 aliphatic rings. The number of rotatable bonds is 5. The molecule has 19 heavy (non-hydrogen) atoms. The first-order valence-electron chi connectivity index (χ1n) is 7.06. The number of carboxylic acid groups (broad SMARTS) is 1. The van der Waals surface area contributed by atoms with Crippen molar-refractivity contribution in [3.05, 3.63) is 22.8 Å². The summed E-state index contributed by atoms with van der Waals surface area (Å²) in [5.74, 6) is -0.913. The fourth-order valence-electron chi connectivity index (χ4n) is 3.09. The SMILES string of the molecule is COC1CC=C(CCC(N)C(=O)O)C2=C1CCCC2. The van der Waals surface area contributed by atoms with Crippen molar-refractivity contribution in [1.29, 1.82) is 0 Å². The van der Waals surface area contributed by atoms with Gasteiger partial charge in [-0.3, -0.25) is 4.79 Å². The van der Waals surface area contributed by atoms with Gasteiger partial charge in [0.25, 0.3) is 0 Å². The van der Waals surface area contributed by atoms with Crippen molar-refractivity contribution >= 4 is 5.97 Å². The number of ether oxygens (including phenoxy) is 1. The third-order valence-electron chi connectivity index (χ3n) is 4.19. The van der Waals surface area contributed by atoms with Crippen LogP contribution >= 0.6 is 0 Å². The summed E-state index contributed by atoms with van der Waals surface area (Å²) in [5.41, 5.74) is 9.75. The van der Waals surface area contributed by atoms with E-state index >= 15 is 0 Å². The molecule has 0 aromatic heterocycles. The van der Waals surface area contributed by atoms with Gasteiger partial charge in [-0.05, 0) is 61.7 Å². The lowest BCUT2D eigenvalue weighted by molar-refractivity contribution is -0.138. The second-order valence-corrected chi connectivity index (χ2v) is 5.38. The average Bonchev–Trinajstić information content (AvgIpc) is 2.44. The van der Waals surface area contributed by atoms with Crippen LogP contribution in [-0.2, 0) is 9.53 Å². The standard InChI is InChI=1S/C15H23NO3/c1-19-14-9-7-10(6-8-13(16)15(17)18)11-4-2-3-5-12(11)14/h7,13-14H,2-6,8-9,16H2,1H3,(H,17,18). The molecule has 4 nitrogen and oxygen atoms in total. The van der Waals surface area contributed by atoms with E-state index in [2.05, 4.69) is 6.08 Å². The summed E-state index contributed by atoms with van der Waals surface area (Å²) in [6.07, 6.45) is 9.31. The summed E-state index contributed by atoms with van der Waals surface area (Å²) in [4.78, 5) is 10.8. The van der Waals surface area contributed by atoms with Crippen LogP contribution in [0.25, 0.3) is 0 Å². The third kappa shape index (κ3) is 3.25. The molecule has 2 atom stereocenters. The van der Waals surface area contributed by atoms with E-state index in [1.165, 1.54) is 29.6 Å². The Bertz CT molecular complexity index is 412. The first kappa shape index (κ1) is 14.3. The second kappa shape index (κ2) is 6.35. The number of methoxy groups -OCH3 is 1. The lowest BCUT2D eigenvalue weighted by atomic mass is 9.78. The van der Waals surface area contributed by atoms with Gasteiger partial charge in [-0.25, -0.2) is 0 Å². The lowest BCUT2D eigenvalue weighted by Crippen LogP contribution is -2.30. The molecular weight excluding hydrogens is 242 g/mol. The maximum atomic E-state index is 10.8. The largest absolute Gasteiger partial charge is 0.480 e. The first-order chi connectivity index (χ1) is 9.13. The van der Waals surface area contributed by atoms with Crippen molar-refractivity contribution in [2.75, 3.05) is 7.11 Å². The Morgan fingerprint density at radius 3 is 2.95 bits per heavy atom. The predicted octanol–water partition coefficient (Wildman–Crippen LogP) is 2.39. The van der Waals surface area contributed by atoms with Gasteiger partial charge in [0.15, 0.2) is 0 Å². The van der Waals surface area contributed by atoms with Gasteiger partial charge in [-0.2, -0.15) is 0 Å². The smallest absolute Gasteiger partial charge is 0.320 e. The van der Waals surface area contributed by atoms with Crippen LogP contribution in [0.3, 0.4) is 0 Å². The maximum absolute atomic E-state index is 10.8. The molecule has 0 saturated heterocycles. The monoisotopic (exact) mass is 265 g/mol. The normalized spacial score (nSPS) is 24.7. The zero-order valence-electron chi connectivity index (χ0n) is 11.5. The van der Waals surface area contributed by atoms with Gasteiger partial charge in [-0.15, -0.1) is 0 Å². The van der Waals surface area contributed by atoms with Crippen molar-refractivity contribution < 1.29 is 14.6 Å². The van der Waals surface area contributed by atoms with Crippen molar-refractivity contribution in [2.45, 2.75) is 57.1 Å². The van der Waals surface area contributed by atoms with E-state index in [-0.39, 0.29) is 6.10 Å². The Morgan fingerprint density at radius 1 is 1.53 bits per heavy atom. The van der Waals surface area contributed by atoms with Gasteiger partial charge in [0.05, 0.1) is 6.10 Å². The van der Waals surface area contributed by atoms with E-state index < -0.39 is 12.0 Å². The third-order valence-corrected chi connectivity index (χ3v) is 4.19. The number of allylic oxidation sites excluding steroid dienone is 2. The van der Waals surface area contributed by atoms with Crippen molar-refractivity contribution in [3.63, 3.8) is 0 Å². The van der Waals surface area contributed by atoms with Crippen LogP contribution in [0.1, 0.15) is 44.9 Å². The minimum absolute atomic E-state index is 0.229. The van der Waals surface area contributed by atoms with Crippen LogP contribution in [0.5, 0.6) is 0 Å².